The number of hydrogen-bond donors (Lipinski definition) is 0. The highest BCUT2D eigenvalue weighted by atomic mass is 15.3. The lowest BCUT2D eigenvalue weighted by atomic mass is 10.1. The van der Waals surface area contributed by atoms with E-state index in [-0.39, 0.29) is 0 Å². The van der Waals surface area contributed by atoms with Gasteiger partial charge in [0.2, 0.25) is 0 Å². The summed E-state index contributed by atoms with van der Waals surface area (Å²) in [6.07, 6.45) is 17.1. The molecule has 2 heteroatoms. The summed E-state index contributed by atoms with van der Waals surface area (Å²) in [6.45, 7) is 4.99. The topological polar surface area (TPSA) is 6.48 Å². The smallest absolute Gasteiger partial charge is 0.111 e. The van der Waals surface area contributed by atoms with Crippen LogP contribution >= 0.6 is 0 Å². The Hall–Kier alpha value is -1.18. The first kappa shape index (κ1) is 11.9. The Morgan fingerprint density at radius 2 is 1.11 bits per heavy atom. The summed E-state index contributed by atoms with van der Waals surface area (Å²) in [7, 11) is 0. The fourth-order valence-corrected chi connectivity index (χ4v) is 3.30. The third-order valence-corrected chi connectivity index (χ3v) is 4.23. The molecule has 2 aliphatic heterocycles. The van der Waals surface area contributed by atoms with Crippen molar-refractivity contribution in [3.63, 3.8) is 0 Å². The molecule has 0 atom stereocenters. The third kappa shape index (κ3) is 2.47. The van der Waals surface area contributed by atoms with Crippen LogP contribution in [0.3, 0.4) is 0 Å². The molecule has 3 rings (SSSR count). The number of likely N-dealkylation sites (tertiary alicyclic amines) is 2. The summed E-state index contributed by atoms with van der Waals surface area (Å²) in [4.78, 5) is 5.26. The van der Waals surface area contributed by atoms with Crippen LogP contribution in [0, 0.1) is 0 Å². The number of nitrogens with zero attached hydrogens (tertiary/aromatic N) is 2. The van der Waals surface area contributed by atoms with Crippen molar-refractivity contribution in [3.8, 4) is 0 Å². The molecule has 2 nitrogen and oxygen atoms in total. The van der Waals surface area contributed by atoms with Crippen LogP contribution < -0.4 is 0 Å². The molecule has 1 aliphatic carbocycles. The van der Waals surface area contributed by atoms with Gasteiger partial charge in [-0.1, -0.05) is 24.3 Å². The van der Waals surface area contributed by atoms with Crippen molar-refractivity contribution >= 4 is 0 Å². The summed E-state index contributed by atoms with van der Waals surface area (Å²) >= 11 is 0. The number of piperidine rings is 2. The van der Waals surface area contributed by atoms with Gasteiger partial charge in [-0.25, -0.2) is 0 Å². The van der Waals surface area contributed by atoms with E-state index in [0.717, 1.165) is 0 Å². The second kappa shape index (κ2) is 5.64. The molecule has 3 aliphatic rings. The molecule has 2 fully saturated rings. The molecule has 2 saturated heterocycles. The Labute approximate surface area is 111 Å². The van der Waals surface area contributed by atoms with Gasteiger partial charge in [-0.05, 0) is 38.5 Å². The Kier molecular flexibility index (Phi) is 3.72. The first-order valence-electron chi connectivity index (χ1n) is 7.54. The summed E-state index contributed by atoms with van der Waals surface area (Å²) in [5.41, 5.74) is 1.43. The zero-order chi connectivity index (χ0) is 12.2. The van der Waals surface area contributed by atoms with Crippen LogP contribution in [-0.2, 0) is 0 Å². The van der Waals surface area contributed by atoms with Gasteiger partial charge < -0.3 is 9.80 Å². The minimum absolute atomic E-state index is 1.25. The molecular weight excluding hydrogens is 220 g/mol. The Bertz CT molecular complexity index is 333. The molecule has 0 N–H and O–H groups in total. The number of allylic oxidation sites excluding steroid dienone is 5. The molecule has 0 amide bonds. The van der Waals surface area contributed by atoms with E-state index in [2.05, 4.69) is 34.1 Å². The fraction of sp³-hybridized carbons (Fsp3) is 0.625. The van der Waals surface area contributed by atoms with Gasteiger partial charge in [0.15, 0.2) is 0 Å². The van der Waals surface area contributed by atoms with Crippen molar-refractivity contribution in [2.24, 2.45) is 0 Å². The van der Waals surface area contributed by atoms with Crippen LogP contribution in [-0.4, -0.2) is 36.0 Å². The highest BCUT2D eigenvalue weighted by Gasteiger charge is 2.23. The van der Waals surface area contributed by atoms with Crippen molar-refractivity contribution in [1.82, 2.24) is 9.80 Å². The second-order valence-electron chi connectivity index (χ2n) is 5.59. The average molecular weight is 244 g/mol. The van der Waals surface area contributed by atoms with Crippen molar-refractivity contribution in [3.05, 3.63) is 35.7 Å². The zero-order valence-electron chi connectivity index (χ0n) is 11.3. The molecule has 0 unspecified atom stereocenters. The van der Waals surface area contributed by atoms with Crippen LogP contribution in [0.5, 0.6) is 0 Å². The molecule has 0 radical (unpaired) electrons. The first-order valence-corrected chi connectivity index (χ1v) is 7.54. The Balaban J connectivity index is 1.85. The SMILES string of the molecule is C1=CC(=C(N2CCCCC2)N2CCCCC2)C=C1. The average Bonchev–Trinajstić information content (AvgIpc) is 2.95. The van der Waals surface area contributed by atoms with Crippen LogP contribution in [0.15, 0.2) is 35.7 Å². The quantitative estimate of drug-likeness (QED) is 0.735. The number of rotatable bonds is 2. The van der Waals surface area contributed by atoms with Crippen molar-refractivity contribution in [1.29, 1.82) is 0 Å². The third-order valence-electron chi connectivity index (χ3n) is 4.23. The standard InChI is InChI=1S/C16H24N2/c1-5-11-17(12-6-1)16(15-9-3-4-10-15)18-13-7-2-8-14-18/h3-4,9-10H,1-2,5-8,11-14H2. The fourth-order valence-electron chi connectivity index (χ4n) is 3.30. The molecule has 0 bridgehead atoms. The summed E-state index contributed by atoms with van der Waals surface area (Å²) < 4.78 is 0. The van der Waals surface area contributed by atoms with E-state index >= 15 is 0 Å². The number of hydrogen-bond acceptors (Lipinski definition) is 2. The second-order valence-corrected chi connectivity index (χ2v) is 5.59. The molecular formula is C16H24N2. The van der Waals surface area contributed by atoms with Crippen molar-refractivity contribution in [2.75, 3.05) is 26.2 Å². The summed E-state index contributed by atoms with van der Waals surface area (Å²) in [6, 6.07) is 0. The van der Waals surface area contributed by atoms with Gasteiger partial charge >= 0.3 is 0 Å². The highest BCUT2D eigenvalue weighted by molar-refractivity contribution is 5.43. The van der Waals surface area contributed by atoms with E-state index in [1.54, 1.807) is 0 Å². The van der Waals surface area contributed by atoms with E-state index in [1.807, 2.05) is 0 Å². The predicted octanol–water partition coefficient (Wildman–Crippen LogP) is 3.30. The largest absolute Gasteiger partial charge is 0.358 e. The maximum Gasteiger partial charge on any atom is 0.111 e. The minimum atomic E-state index is 1.25. The Morgan fingerprint density at radius 1 is 0.667 bits per heavy atom. The summed E-state index contributed by atoms with van der Waals surface area (Å²) in [5, 5.41) is 0. The monoisotopic (exact) mass is 244 g/mol. The lowest BCUT2D eigenvalue weighted by Crippen LogP contribution is -2.41. The van der Waals surface area contributed by atoms with E-state index in [1.165, 1.54) is 76.1 Å². The van der Waals surface area contributed by atoms with Crippen molar-refractivity contribution in [2.45, 2.75) is 38.5 Å². The van der Waals surface area contributed by atoms with Gasteiger partial charge in [-0.15, -0.1) is 0 Å². The van der Waals surface area contributed by atoms with E-state index in [0.29, 0.717) is 0 Å². The Morgan fingerprint density at radius 3 is 1.56 bits per heavy atom. The van der Waals surface area contributed by atoms with E-state index in [4.69, 9.17) is 0 Å². The summed E-state index contributed by atoms with van der Waals surface area (Å²) in [5.74, 6) is 1.51. The van der Waals surface area contributed by atoms with Gasteiger partial charge in [0.05, 0.1) is 0 Å². The predicted molar refractivity (Wildman–Crippen MR) is 76.2 cm³/mol. The van der Waals surface area contributed by atoms with Gasteiger partial charge in [0, 0.05) is 31.8 Å². The normalized spacial score (nSPS) is 23.9. The van der Waals surface area contributed by atoms with Crippen LogP contribution in [0.2, 0.25) is 0 Å². The van der Waals surface area contributed by atoms with Gasteiger partial charge in [0.1, 0.15) is 5.82 Å². The minimum Gasteiger partial charge on any atom is -0.358 e. The molecule has 0 aromatic carbocycles. The maximum absolute atomic E-state index is 2.63. The lowest BCUT2D eigenvalue weighted by molar-refractivity contribution is 0.165. The van der Waals surface area contributed by atoms with Gasteiger partial charge in [0.25, 0.3) is 0 Å². The molecule has 18 heavy (non-hydrogen) atoms. The molecule has 0 aromatic rings. The zero-order valence-corrected chi connectivity index (χ0v) is 11.3. The molecule has 0 spiro atoms. The van der Waals surface area contributed by atoms with E-state index in [9.17, 15) is 0 Å². The van der Waals surface area contributed by atoms with Crippen LogP contribution in [0.4, 0.5) is 0 Å². The van der Waals surface area contributed by atoms with Gasteiger partial charge in [-0.3, -0.25) is 0 Å². The van der Waals surface area contributed by atoms with Crippen molar-refractivity contribution < 1.29 is 0 Å². The molecule has 2 heterocycles. The lowest BCUT2D eigenvalue weighted by Gasteiger charge is -2.40. The molecule has 0 saturated carbocycles. The van der Waals surface area contributed by atoms with Crippen LogP contribution in [0.25, 0.3) is 0 Å². The van der Waals surface area contributed by atoms with Crippen LogP contribution in [0.1, 0.15) is 38.5 Å². The first-order chi connectivity index (χ1) is 8.95. The maximum atomic E-state index is 2.63. The molecule has 0 aromatic heterocycles. The van der Waals surface area contributed by atoms with Gasteiger partial charge in [-0.2, -0.15) is 0 Å². The highest BCUT2D eigenvalue weighted by Crippen LogP contribution is 2.26. The molecule has 98 valence electrons. The van der Waals surface area contributed by atoms with E-state index < -0.39 is 0 Å².